The third-order valence-corrected chi connectivity index (χ3v) is 5.77. The lowest BCUT2D eigenvalue weighted by Gasteiger charge is -2.17. The summed E-state index contributed by atoms with van der Waals surface area (Å²) in [6.45, 7) is 1.30. The summed E-state index contributed by atoms with van der Waals surface area (Å²) in [5.74, 6) is 3.45. The molecule has 2 fully saturated rings. The van der Waals surface area contributed by atoms with Crippen molar-refractivity contribution in [2.75, 3.05) is 20.2 Å². The zero-order valence-electron chi connectivity index (χ0n) is 17.5. The maximum Gasteiger partial charge on any atom is 0.230 e. The molecule has 1 aromatic heterocycles. The van der Waals surface area contributed by atoms with Crippen molar-refractivity contribution >= 4 is 5.91 Å². The fourth-order valence-electron chi connectivity index (χ4n) is 3.84. The van der Waals surface area contributed by atoms with E-state index in [-0.39, 0.29) is 12.0 Å². The van der Waals surface area contributed by atoms with Gasteiger partial charge in [0, 0.05) is 24.4 Å². The van der Waals surface area contributed by atoms with E-state index in [1.165, 1.54) is 0 Å². The summed E-state index contributed by atoms with van der Waals surface area (Å²) < 4.78 is 16.7. The Morgan fingerprint density at radius 2 is 1.97 bits per heavy atom. The zero-order chi connectivity index (χ0) is 21.2. The molecule has 1 aliphatic heterocycles. The van der Waals surface area contributed by atoms with Crippen LogP contribution in [0.2, 0.25) is 0 Å². The quantitative estimate of drug-likeness (QED) is 0.579. The van der Waals surface area contributed by atoms with Gasteiger partial charge < -0.3 is 18.9 Å². The van der Waals surface area contributed by atoms with Crippen LogP contribution in [-0.4, -0.2) is 47.3 Å². The van der Waals surface area contributed by atoms with E-state index in [1.54, 1.807) is 7.11 Å². The highest BCUT2D eigenvalue weighted by atomic mass is 16.5. The van der Waals surface area contributed by atoms with Crippen molar-refractivity contribution in [1.29, 1.82) is 0 Å². The molecular formula is C24H25N3O4. The average molecular weight is 419 g/mol. The van der Waals surface area contributed by atoms with Gasteiger partial charge in [-0.3, -0.25) is 4.79 Å². The van der Waals surface area contributed by atoms with E-state index in [4.69, 9.17) is 14.0 Å². The lowest BCUT2D eigenvalue weighted by Crippen LogP contribution is -2.32. The third kappa shape index (κ3) is 4.55. The third-order valence-electron chi connectivity index (χ3n) is 5.77. The van der Waals surface area contributed by atoms with E-state index in [0.29, 0.717) is 31.3 Å². The van der Waals surface area contributed by atoms with Gasteiger partial charge in [-0.05, 0) is 54.8 Å². The molecule has 2 aromatic carbocycles. The minimum Gasteiger partial charge on any atom is -0.497 e. The molecule has 0 spiro atoms. The second-order valence-corrected chi connectivity index (χ2v) is 8.15. The van der Waals surface area contributed by atoms with E-state index in [9.17, 15) is 4.79 Å². The van der Waals surface area contributed by atoms with Crippen LogP contribution in [0.5, 0.6) is 11.5 Å². The van der Waals surface area contributed by atoms with Crippen LogP contribution < -0.4 is 9.47 Å². The van der Waals surface area contributed by atoms with Crippen molar-refractivity contribution in [2.45, 2.75) is 37.7 Å². The van der Waals surface area contributed by atoms with Crippen LogP contribution in [0, 0.1) is 0 Å². The van der Waals surface area contributed by atoms with Gasteiger partial charge in [0.2, 0.25) is 17.6 Å². The Balaban J connectivity index is 1.15. The van der Waals surface area contributed by atoms with Crippen molar-refractivity contribution < 1.29 is 18.8 Å². The maximum atomic E-state index is 12.7. The van der Waals surface area contributed by atoms with E-state index >= 15 is 0 Å². The molecule has 1 saturated carbocycles. The predicted molar refractivity (Wildman–Crippen MR) is 114 cm³/mol. The fraction of sp³-hybridized carbons (Fsp3) is 0.375. The summed E-state index contributed by atoms with van der Waals surface area (Å²) in [4.78, 5) is 19.0. The molecule has 7 heteroatoms. The minimum atomic E-state index is -0.00764. The first-order valence-electron chi connectivity index (χ1n) is 10.7. The van der Waals surface area contributed by atoms with Gasteiger partial charge >= 0.3 is 0 Å². The molecule has 1 atom stereocenters. The Morgan fingerprint density at radius 1 is 1.13 bits per heavy atom. The summed E-state index contributed by atoms with van der Waals surface area (Å²) in [5.41, 5.74) is 1.86. The van der Waals surface area contributed by atoms with Crippen LogP contribution in [0.4, 0.5) is 0 Å². The van der Waals surface area contributed by atoms with Gasteiger partial charge in [0.05, 0.1) is 20.1 Å². The average Bonchev–Trinajstić information content (AvgIpc) is 3.33. The molecule has 1 unspecified atom stereocenters. The van der Waals surface area contributed by atoms with Gasteiger partial charge in [0.25, 0.3) is 0 Å². The van der Waals surface area contributed by atoms with Gasteiger partial charge in [-0.1, -0.05) is 17.3 Å². The highest BCUT2D eigenvalue weighted by Crippen LogP contribution is 2.39. The molecule has 7 nitrogen and oxygen atoms in total. The van der Waals surface area contributed by atoms with Crippen molar-refractivity contribution in [3.63, 3.8) is 0 Å². The Bertz CT molecular complexity index is 1060. The number of carbonyl (C=O) groups excluding carboxylic acids is 1. The standard InChI is InChI=1S/C24H25N3O4/c1-29-20-4-2-3-16(13-20)14-22(28)27-12-11-21(15-27)30-19-9-7-17(8-10-19)23-25-24(31-26-23)18-5-6-18/h2-4,7-10,13,18,21H,5-6,11-12,14-15H2,1H3. The monoisotopic (exact) mass is 419 g/mol. The molecular weight excluding hydrogens is 394 g/mol. The predicted octanol–water partition coefficient (Wildman–Crippen LogP) is 3.85. The molecule has 160 valence electrons. The number of rotatable bonds is 7. The van der Waals surface area contributed by atoms with Gasteiger partial charge in [-0.15, -0.1) is 0 Å². The zero-order valence-corrected chi connectivity index (χ0v) is 17.5. The number of nitrogens with zero attached hydrogens (tertiary/aromatic N) is 3. The second kappa shape index (κ2) is 8.41. The number of amides is 1. The molecule has 2 heterocycles. The Labute approximate surface area is 181 Å². The second-order valence-electron chi connectivity index (χ2n) is 8.15. The van der Waals surface area contributed by atoms with Gasteiger partial charge in [-0.25, -0.2) is 0 Å². The molecule has 2 aliphatic rings. The summed E-state index contributed by atoms with van der Waals surface area (Å²) in [6.07, 6.45) is 3.45. The fourth-order valence-corrected chi connectivity index (χ4v) is 3.84. The highest BCUT2D eigenvalue weighted by Gasteiger charge is 2.30. The van der Waals surface area contributed by atoms with Gasteiger partial charge in [0.15, 0.2) is 0 Å². The van der Waals surface area contributed by atoms with Crippen LogP contribution in [-0.2, 0) is 11.2 Å². The molecule has 31 heavy (non-hydrogen) atoms. The summed E-state index contributed by atoms with van der Waals surface area (Å²) in [5, 5.41) is 4.08. The Kier molecular flexibility index (Phi) is 5.32. The summed E-state index contributed by atoms with van der Waals surface area (Å²) >= 11 is 0. The first-order chi connectivity index (χ1) is 15.2. The molecule has 1 amide bonds. The smallest absolute Gasteiger partial charge is 0.230 e. The SMILES string of the molecule is COc1cccc(CC(=O)N2CCC(Oc3ccc(-c4noc(C5CC5)n4)cc3)C2)c1. The van der Waals surface area contributed by atoms with Crippen molar-refractivity contribution in [1.82, 2.24) is 15.0 Å². The Morgan fingerprint density at radius 3 is 2.74 bits per heavy atom. The van der Waals surface area contributed by atoms with E-state index in [0.717, 1.165) is 47.8 Å². The van der Waals surface area contributed by atoms with Crippen LogP contribution in [0.15, 0.2) is 53.1 Å². The molecule has 3 aromatic rings. The van der Waals surface area contributed by atoms with Gasteiger partial charge in [-0.2, -0.15) is 4.98 Å². The number of likely N-dealkylation sites (tertiary alicyclic amines) is 1. The summed E-state index contributed by atoms with van der Waals surface area (Å²) in [7, 11) is 1.63. The molecule has 1 aliphatic carbocycles. The normalized spacial score (nSPS) is 18.2. The number of aromatic nitrogens is 2. The van der Waals surface area contributed by atoms with Crippen LogP contribution in [0.3, 0.4) is 0 Å². The first kappa shape index (κ1) is 19.6. The highest BCUT2D eigenvalue weighted by molar-refractivity contribution is 5.79. The number of benzene rings is 2. The topological polar surface area (TPSA) is 77.7 Å². The lowest BCUT2D eigenvalue weighted by molar-refractivity contribution is -0.129. The summed E-state index contributed by atoms with van der Waals surface area (Å²) in [6, 6.07) is 15.4. The maximum absolute atomic E-state index is 12.7. The van der Waals surface area contributed by atoms with Crippen LogP contribution >= 0.6 is 0 Å². The van der Waals surface area contributed by atoms with Crippen LogP contribution in [0.25, 0.3) is 11.4 Å². The van der Waals surface area contributed by atoms with E-state index in [2.05, 4.69) is 10.1 Å². The molecule has 1 saturated heterocycles. The number of ether oxygens (including phenoxy) is 2. The molecule has 5 rings (SSSR count). The number of hydrogen-bond donors (Lipinski definition) is 0. The first-order valence-corrected chi connectivity index (χ1v) is 10.7. The van der Waals surface area contributed by atoms with Crippen LogP contribution in [0.1, 0.15) is 36.6 Å². The number of methoxy groups -OCH3 is 1. The van der Waals surface area contributed by atoms with Crippen molar-refractivity contribution in [3.8, 4) is 22.9 Å². The number of hydrogen-bond acceptors (Lipinski definition) is 6. The Hall–Kier alpha value is -3.35. The van der Waals surface area contributed by atoms with E-state index in [1.807, 2.05) is 53.4 Å². The number of carbonyl (C=O) groups is 1. The molecule has 0 bridgehead atoms. The molecule has 0 radical (unpaired) electrons. The minimum absolute atomic E-state index is 0.00764. The van der Waals surface area contributed by atoms with Crippen molar-refractivity contribution in [3.05, 3.63) is 60.0 Å². The lowest BCUT2D eigenvalue weighted by atomic mass is 10.1. The largest absolute Gasteiger partial charge is 0.497 e. The van der Waals surface area contributed by atoms with E-state index < -0.39 is 0 Å². The molecule has 0 N–H and O–H groups in total. The van der Waals surface area contributed by atoms with Crippen molar-refractivity contribution in [2.24, 2.45) is 0 Å². The van der Waals surface area contributed by atoms with Gasteiger partial charge in [0.1, 0.15) is 17.6 Å².